The van der Waals surface area contributed by atoms with E-state index in [1.165, 1.54) is 5.56 Å². The van der Waals surface area contributed by atoms with Crippen LogP contribution in [0.5, 0.6) is 6.01 Å². The molecule has 0 aliphatic heterocycles. The van der Waals surface area contributed by atoms with Crippen LogP contribution in [0.25, 0.3) is 0 Å². The summed E-state index contributed by atoms with van der Waals surface area (Å²) in [5, 5.41) is 8.07. The van der Waals surface area contributed by atoms with Crippen LogP contribution in [-0.4, -0.2) is 28.4 Å². The van der Waals surface area contributed by atoms with Gasteiger partial charge >= 0.3 is 6.01 Å². The third-order valence-electron chi connectivity index (χ3n) is 2.53. The van der Waals surface area contributed by atoms with Gasteiger partial charge in [0.1, 0.15) is 5.82 Å². The molecular formula is C12H16N4O. The zero-order valence-electron chi connectivity index (χ0n) is 9.84. The summed E-state index contributed by atoms with van der Waals surface area (Å²) >= 11 is 0. The van der Waals surface area contributed by atoms with Gasteiger partial charge in [0.25, 0.3) is 0 Å². The molecule has 2 aromatic rings. The van der Waals surface area contributed by atoms with Crippen molar-refractivity contribution in [3.05, 3.63) is 41.7 Å². The molecule has 0 unspecified atom stereocenters. The highest BCUT2D eigenvalue weighted by atomic mass is 16.5. The molecule has 0 spiro atoms. The van der Waals surface area contributed by atoms with Crippen LogP contribution in [0.1, 0.15) is 11.4 Å². The molecule has 2 N–H and O–H groups in total. The molecule has 0 aliphatic rings. The molecule has 0 aliphatic carbocycles. The monoisotopic (exact) mass is 232 g/mol. The lowest BCUT2D eigenvalue weighted by Crippen LogP contribution is -2.11. The van der Waals surface area contributed by atoms with Gasteiger partial charge in [-0.05, 0) is 12.1 Å². The average Bonchev–Trinajstić information content (AvgIpc) is 2.74. The first kappa shape index (κ1) is 11.6. The van der Waals surface area contributed by atoms with Crippen molar-refractivity contribution >= 4 is 0 Å². The van der Waals surface area contributed by atoms with Crippen LogP contribution in [0.2, 0.25) is 0 Å². The summed E-state index contributed by atoms with van der Waals surface area (Å²) in [5.41, 5.74) is 6.74. The van der Waals surface area contributed by atoms with E-state index in [9.17, 15) is 0 Å². The van der Waals surface area contributed by atoms with Crippen molar-refractivity contribution in [1.82, 2.24) is 14.8 Å². The fourth-order valence-electron chi connectivity index (χ4n) is 1.71. The minimum absolute atomic E-state index is 0.525. The molecule has 90 valence electrons. The van der Waals surface area contributed by atoms with Crippen molar-refractivity contribution in [2.45, 2.75) is 13.0 Å². The number of hydrogen-bond acceptors (Lipinski definition) is 4. The van der Waals surface area contributed by atoms with Crippen LogP contribution in [0.3, 0.4) is 0 Å². The fourth-order valence-corrected chi connectivity index (χ4v) is 1.71. The molecule has 1 aromatic heterocycles. The van der Waals surface area contributed by atoms with Crippen LogP contribution in [0.15, 0.2) is 30.3 Å². The number of nitrogens with zero attached hydrogens (tertiary/aromatic N) is 3. The predicted octanol–water partition coefficient (Wildman–Crippen LogP) is 0.836. The number of nitrogens with two attached hydrogens (primary N) is 1. The zero-order valence-corrected chi connectivity index (χ0v) is 9.84. The molecular weight excluding hydrogens is 216 g/mol. The van der Waals surface area contributed by atoms with Crippen molar-refractivity contribution in [2.24, 2.45) is 5.73 Å². The van der Waals surface area contributed by atoms with E-state index >= 15 is 0 Å². The van der Waals surface area contributed by atoms with Crippen molar-refractivity contribution in [2.75, 3.05) is 13.7 Å². The second-order valence-electron chi connectivity index (χ2n) is 3.71. The van der Waals surface area contributed by atoms with E-state index in [0.29, 0.717) is 25.5 Å². The quantitative estimate of drug-likeness (QED) is 0.829. The van der Waals surface area contributed by atoms with Gasteiger partial charge in [0.15, 0.2) is 0 Å². The maximum absolute atomic E-state index is 5.55. The highest BCUT2D eigenvalue weighted by Gasteiger charge is 2.11. The Bertz CT molecular complexity index is 467. The normalized spacial score (nSPS) is 10.5. The number of benzene rings is 1. The molecule has 5 nitrogen and oxygen atoms in total. The molecule has 0 saturated carbocycles. The topological polar surface area (TPSA) is 66.0 Å². The van der Waals surface area contributed by atoms with Crippen LogP contribution in [0.4, 0.5) is 0 Å². The summed E-state index contributed by atoms with van der Waals surface area (Å²) in [6, 6.07) is 10.7. The molecule has 5 heteroatoms. The third-order valence-corrected chi connectivity index (χ3v) is 2.53. The smallest absolute Gasteiger partial charge is 0.316 e. The van der Waals surface area contributed by atoms with Gasteiger partial charge in [-0.3, -0.25) is 4.57 Å². The largest absolute Gasteiger partial charge is 0.467 e. The lowest BCUT2D eigenvalue weighted by atomic mass is 10.2. The molecule has 2 rings (SSSR count). The second-order valence-corrected chi connectivity index (χ2v) is 3.71. The van der Waals surface area contributed by atoms with Crippen molar-refractivity contribution in [3.8, 4) is 6.01 Å². The molecule has 0 saturated heterocycles. The lowest BCUT2D eigenvalue weighted by Gasteiger charge is -2.08. The van der Waals surface area contributed by atoms with Crippen molar-refractivity contribution < 1.29 is 4.74 Å². The van der Waals surface area contributed by atoms with Gasteiger partial charge < -0.3 is 10.5 Å². The van der Waals surface area contributed by atoms with Gasteiger partial charge in [-0.25, -0.2) is 0 Å². The Morgan fingerprint density at radius 1 is 1.24 bits per heavy atom. The Morgan fingerprint density at radius 3 is 2.65 bits per heavy atom. The van der Waals surface area contributed by atoms with Gasteiger partial charge in [0, 0.05) is 6.42 Å². The number of methoxy groups -OCH3 is 1. The average molecular weight is 232 g/mol. The summed E-state index contributed by atoms with van der Waals surface area (Å²) in [5.74, 6) is 0.855. The van der Waals surface area contributed by atoms with Crippen LogP contribution in [-0.2, 0) is 13.0 Å². The number of rotatable bonds is 5. The molecule has 0 radical (unpaired) electrons. The van der Waals surface area contributed by atoms with E-state index in [-0.39, 0.29) is 0 Å². The Kier molecular flexibility index (Phi) is 3.72. The minimum atomic E-state index is 0.525. The third kappa shape index (κ3) is 2.62. The fraction of sp³-hybridized carbons (Fsp3) is 0.333. The van der Waals surface area contributed by atoms with E-state index in [1.54, 1.807) is 7.11 Å². The molecule has 1 heterocycles. The number of aromatic nitrogens is 3. The minimum Gasteiger partial charge on any atom is -0.467 e. The summed E-state index contributed by atoms with van der Waals surface area (Å²) in [4.78, 5) is 0. The second kappa shape index (κ2) is 5.45. The molecule has 1 aromatic carbocycles. The van der Waals surface area contributed by atoms with Crippen LogP contribution >= 0.6 is 0 Å². The van der Waals surface area contributed by atoms with E-state index in [1.807, 2.05) is 22.8 Å². The summed E-state index contributed by atoms with van der Waals surface area (Å²) in [6.45, 7) is 1.25. The Labute approximate surface area is 100 Å². The van der Waals surface area contributed by atoms with E-state index in [4.69, 9.17) is 10.5 Å². The Morgan fingerprint density at radius 2 is 2.00 bits per heavy atom. The summed E-state index contributed by atoms with van der Waals surface area (Å²) < 4.78 is 7.14. The molecule has 0 bridgehead atoms. The number of ether oxygens (including phenoxy) is 1. The van der Waals surface area contributed by atoms with Gasteiger partial charge in [0.05, 0.1) is 13.7 Å². The summed E-state index contributed by atoms with van der Waals surface area (Å²) in [6.07, 6.45) is 0.698. The standard InChI is InChI=1S/C12H16N4O/c1-17-12-15-14-11(7-8-13)16(12)9-10-5-3-2-4-6-10/h2-6H,7-9,13H2,1H3. The number of hydrogen-bond donors (Lipinski definition) is 1. The van der Waals surface area contributed by atoms with Crippen molar-refractivity contribution in [3.63, 3.8) is 0 Å². The maximum Gasteiger partial charge on any atom is 0.316 e. The molecule has 17 heavy (non-hydrogen) atoms. The highest BCUT2D eigenvalue weighted by Crippen LogP contribution is 2.13. The molecule has 0 atom stereocenters. The van der Waals surface area contributed by atoms with Gasteiger partial charge in [-0.15, -0.1) is 5.10 Å². The van der Waals surface area contributed by atoms with Crippen LogP contribution in [0, 0.1) is 0 Å². The molecule has 0 fully saturated rings. The highest BCUT2D eigenvalue weighted by molar-refractivity contribution is 5.17. The van der Waals surface area contributed by atoms with Crippen LogP contribution < -0.4 is 10.5 Å². The van der Waals surface area contributed by atoms with E-state index in [2.05, 4.69) is 22.3 Å². The first-order valence-electron chi connectivity index (χ1n) is 5.55. The summed E-state index contributed by atoms with van der Waals surface area (Å²) in [7, 11) is 1.59. The van der Waals surface area contributed by atoms with E-state index < -0.39 is 0 Å². The first-order valence-corrected chi connectivity index (χ1v) is 5.55. The Balaban J connectivity index is 2.26. The maximum atomic E-state index is 5.55. The van der Waals surface area contributed by atoms with E-state index in [0.717, 1.165) is 5.82 Å². The Hall–Kier alpha value is -1.88. The SMILES string of the molecule is COc1nnc(CCN)n1Cc1ccccc1. The predicted molar refractivity (Wildman–Crippen MR) is 64.9 cm³/mol. The zero-order chi connectivity index (χ0) is 12.1. The first-order chi connectivity index (χ1) is 8.35. The molecule has 0 amide bonds. The lowest BCUT2D eigenvalue weighted by molar-refractivity contribution is 0.358. The van der Waals surface area contributed by atoms with Crippen molar-refractivity contribution in [1.29, 1.82) is 0 Å². The van der Waals surface area contributed by atoms with Gasteiger partial charge in [-0.1, -0.05) is 35.4 Å². The van der Waals surface area contributed by atoms with Gasteiger partial charge in [0.2, 0.25) is 0 Å². The van der Waals surface area contributed by atoms with Gasteiger partial charge in [-0.2, -0.15) is 0 Å².